The van der Waals surface area contributed by atoms with E-state index in [0.717, 1.165) is 28.7 Å². The van der Waals surface area contributed by atoms with Crippen LogP contribution in [0.2, 0.25) is 5.02 Å². The number of halogens is 1. The molecule has 0 bridgehead atoms. The number of ether oxygens (including phenoxy) is 1. The predicted molar refractivity (Wildman–Crippen MR) is 110 cm³/mol. The summed E-state index contributed by atoms with van der Waals surface area (Å²) < 4.78 is 6.03. The van der Waals surface area contributed by atoms with Gasteiger partial charge in [-0.2, -0.15) is 0 Å². The number of aliphatic hydroxyl groups excluding tert-OH is 4. The van der Waals surface area contributed by atoms with E-state index < -0.39 is 36.6 Å². The Morgan fingerprint density at radius 1 is 1.07 bits per heavy atom. The first-order valence-electron chi connectivity index (χ1n) is 10.1. The van der Waals surface area contributed by atoms with Crippen LogP contribution < -0.4 is 0 Å². The minimum atomic E-state index is -1.40. The van der Waals surface area contributed by atoms with Crippen molar-refractivity contribution in [3.05, 3.63) is 69.2 Å². The zero-order valence-electron chi connectivity index (χ0n) is 16.4. The molecule has 5 nitrogen and oxygen atoms in total. The largest absolute Gasteiger partial charge is 0.394 e. The van der Waals surface area contributed by atoms with Gasteiger partial charge >= 0.3 is 0 Å². The minimum absolute atomic E-state index is 0.438. The molecular weight excluding hydrogens is 392 g/mol. The summed E-state index contributed by atoms with van der Waals surface area (Å²) in [5.74, 6) is 0. The lowest BCUT2D eigenvalue weighted by atomic mass is 9.80. The van der Waals surface area contributed by atoms with Crippen LogP contribution >= 0.6 is 11.6 Å². The van der Waals surface area contributed by atoms with E-state index >= 15 is 0 Å². The van der Waals surface area contributed by atoms with Crippen molar-refractivity contribution in [2.75, 3.05) is 6.61 Å². The average Bonchev–Trinajstić information content (AvgIpc) is 3.08. The molecule has 4 N–H and O–H groups in total. The summed E-state index contributed by atoms with van der Waals surface area (Å²) in [4.78, 5) is 0. The molecule has 2 aromatic rings. The van der Waals surface area contributed by atoms with Gasteiger partial charge in [-0.1, -0.05) is 48.9 Å². The number of hydrogen-bond acceptors (Lipinski definition) is 5. The summed E-state index contributed by atoms with van der Waals surface area (Å²) in [5.41, 5.74) is 3.89. The van der Waals surface area contributed by atoms with Crippen molar-refractivity contribution in [1.82, 2.24) is 0 Å². The predicted octanol–water partition coefficient (Wildman–Crippen LogP) is 2.11. The number of aliphatic hydroxyl groups is 4. The molecule has 156 valence electrons. The van der Waals surface area contributed by atoms with Gasteiger partial charge in [-0.25, -0.2) is 0 Å². The first-order valence-corrected chi connectivity index (χ1v) is 10.5. The molecular formula is C23H27ClO5. The molecule has 0 saturated carbocycles. The summed E-state index contributed by atoms with van der Waals surface area (Å²) >= 11 is 6.56. The Labute approximate surface area is 175 Å². The van der Waals surface area contributed by atoms with Gasteiger partial charge in [0.1, 0.15) is 30.0 Å². The lowest BCUT2D eigenvalue weighted by Crippen LogP contribution is -2.62. The van der Waals surface area contributed by atoms with E-state index in [1.807, 2.05) is 12.1 Å². The van der Waals surface area contributed by atoms with Crippen molar-refractivity contribution in [2.24, 2.45) is 0 Å². The molecule has 1 saturated heterocycles. The normalized spacial score (nSPS) is 31.2. The highest BCUT2D eigenvalue weighted by molar-refractivity contribution is 6.31. The van der Waals surface area contributed by atoms with Gasteiger partial charge in [-0.05, 0) is 59.6 Å². The molecule has 0 aromatic heterocycles. The summed E-state index contributed by atoms with van der Waals surface area (Å²) in [7, 11) is 0. The van der Waals surface area contributed by atoms with Crippen LogP contribution in [-0.4, -0.2) is 51.4 Å². The second-order valence-electron chi connectivity index (χ2n) is 8.10. The summed E-state index contributed by atoms with van der Waals surface area (Å²) in [6.07, 6.45) is -2.28. The number of benzene rings is 2. The third-order valence-electron chi connectivity index (χ3n) is 6.39. The van der Waals surface area contributed by atoms with Gasteiger partial charge in [0.25, 0.3) is 0 Å². The molecule has 6 heteroatoms. The van der Waals surface area contributed by atoms with Crippen molar-refractivity contribution in [2.45, 2.75) is 62.6 Å². The summed E-state index contributed by atoms with van der Waals surface area (Å²) in [6, 6.07) is 12.2. The maximum Gasteiger partial charge on any atom is 0.123 e. The molecule has 0 radical (unpaired) electrons. The lowest BCUT2D eigenvalue weighted by molar-refractivity contribution is -0.278. The first-order chi connectivity index (χ1) is 13.9. The second-order valence-corrected chi connectivity index (χ2v) is 8.51. The molecule has 2 aromatic carbocycles. The van der Waals surface area contributed by atoms with Gasteiger partial charge in [0.15, 0.2) is 0 Å². The topological polar surface area (TPSA) is 90.2 Å². The van der Waals surface area contributed by atoms with Gasteiger partial charge in [0.05, 0.1) is 6.61 Å². The molecule has 1 heterocycles. The third kappa shape index (κ3) is 3.50. The van der Waals surface area contributed by atoms with Crippen LogP contribution in [0, 0.1) is 0 Å². The SMILES string of the molecule is CCc1ccc(Cc2cc3c(cc2Cl)CC[C@]32O[C@H](CO)[C@@H](O)[C@H](O)[C@H]2O)cc1. The van der Waals surface area contributed by atoms with Crippen molar-refractivity contribution in [3.8, 4) is 0 Å². The van der Waals surface area contributed by atoms with E-state index in [1.54, 1.807) is 0 Å². The number of hydrogen-bond donors (Lipinski definition) is 4. The fraction of sp³-hybridized carbons (Fsp3) is 0.478. The van der Waals surface area contributed by atoms with E-state index in [-0.39, 0.29) is 0 Å². The fourth-order valence-electron chi connectivity index (χ4n) is 4.63. The van der Waals surface area contributed by atoms with Crippen molar-refractivity contribution >= 4 is 11.6 Å². The van der Waals surface area contributed by atoms with Crippen LogP contribution in [0.5, 0.6) is 0 Å². The Hall–Kier alpha value is -1.47. The quantitative estimate of drug-likeness (QED) is 0.610. The van der Waals surface area contributed by atoms with Gasteiger partial charge in [-0.15, -0.1) is 0 Å². The van der Waals surface area contributed by atoms with E-state index in [0.29, 0.717) is 24.3 Å². The molecule has 1 spiro atoms. The molecule has 1 aliphatic carbocycles. The third-order valence-corrected chi connectivity index (χ3v) is 6.75. The summed E-state index contributed by atoms with van der Waals surface area (Å²) in [6.45, 7) is 1.68. The molecule has 1 aliphatic heterocycles. The smallest absolute Gasteiger partial charge is 0.123 e. The molecule has 29 heavy (non-hydrogen) atoms. The van der Waals surface area contributed by atoms with Gasteiger partial charge in [-0.3, -0.25) is 0 Å². The molecule has 0 amide bonds. The number of aryl methyl sites for hydroxylation is 2. The van der Waals surface area contributed by atoms with Gasteiger partial charge in [0.2, 0.25) is 0 Å². The Kier molecular flexibility index (Phi) is 5.73. The zero-order valence-corrected chi connectivity index (χ0v) is 17.1. The van der Waals surface area contributed by atoms with Crippen LogP contribution in [-0.2, 0) is 29.6 Å². The first kappa shape index (κ1) is 20.8. The molecule has 1 fully saturated rings. The Morgan fingerprint density at radius 2 is 1.76 bits per heavy atom. The van der Waals surface area contributed by atoms with Crippen molar-refractivity contribution in [1.29, 1.82) is 0 Å². The molecule has 2 aliphatic rings. The highest BCUT2D eigenvalue weighted by atomic mass is 35.5. The Balaban J connectivity index is 1.71. The van der Waals surface area contributed by atoms with Gasteiger partial charge < -0.3 is 25.2 Å². The molecule has 5 atom stereocenters. The Bertz CT molecular complexity index is 882. The van der Waals surface area contributed by atoms with Crippen LogP contribution in [0.4, 0.5) is 0 Å². The van der Waals surface area contributed by atoms with Crippen LogP contribution in [0.15, 0.2) is 36.4 Å². The van der Waals surface area contributed by atoms with E-state index in [9.17, 15) is 20.4 Å². The van der Waals surface area contributed by atoms with E-state index in [4.69, 9.17) is 16.3 Å². The van der Waals surface area contributed by atoms with Crippen LogP contribution in [0.1, 0.15) is 41.2 Å². The van der Waals surface area contributed by atoms with Crippen LogP contribution in [0.25, 0.3) is 0 Å². The number of fused-ring (bicyclic) bond motifs is 2. The van der Waals surface area contributed by atoms with Gasteiger partial charge in [0, 0.05) is 5.02 Å². The van der Waals surface area contributed by atoms with Crippen molar-refractivity contribution < 1.29 is 25.2 Å². The Morgan fingerprint density at radius 3 is 2.41 bits per heavy atom. The summed E-state index contributed by atoms with van der Waals surface area (Å²) in [5, 5.41) is 41.6. The van der Waals surface area contributed by atoms with E-state index in [1.165, 1.54) is 5.56 Å². The highest BCUT2D eigenvalue weighted by Gasteiger charge is 2.56. The maximum atomic E-state index is 10.8. The monoisotopic (exact) mass is 418 g/mol. The lowest BCUT2D eigenvalue weighted by Gasteiger charge is -2.47. The van der Waals surface area contributed by atoms with E-state index in [2.05, 4.69) is 31.2 Å². The average molecular weight is 419 g/mol. The van der Waals surface area contributed by atoms with Crippen LogP contribution in [0.3, 0.4) is 0 Å². The fourth-order valence-corrected chi connectivity index (χ4v) is 4.88. The standard InChI is InChI=1S/C23H27ClO5/c1-2-13-3-5-14(6-4-13)9-16-10-17-15(11-18(16)24)7-8-23(17)22(28)21(27)20(26)19(12-25)29-23/h3-6,10-11,19-22,25-28H,2,7-9,12H2,1H3/t19-,20-,21+,22-,23+/m1/s1. The second kappa shape index (κ2) is 7.99. The maximum absolute atomic E-state index is 10.8. The molecule has 0 unspecified atom stereocenters. The molecule has 4 rings (SSSR count). The number of rotatable bonds is 4. The van der Waals surface area contributed by atoms with Crippen molar-refractivity contribution in [3.63, 3.8) is 0 Å². The minimum Gasteiger partial charge on any atom is -0.394 e. The zero-order chi connectivity index (χ0) is 20.8. The highest BCUT2D eigenvalue weighted by Crippen LogP contribution is 2.48.